The Morgan fingerprint density at radius 2 is 1.44 bits per heavy atom. The molecule has 0 atom stereocenters. The van der Waals surface area contributed by atoms with Gasteiger partial charge in [-0.2, -0.15) is 0 Å². The van der Waals surface area contributed by atoms with Crippen LogP contribution in [-0.4, -0.2) is 17.3 Å². The van der Waals surface area contributed by atoms with E-state index in [0.29, 0.717) is 17.2 Å². The third-order valence-electron chi connectivity index (χ3n) is 3.91. The number of nitrogens with zero attached hydrogens (tertiary/aromatic N) is 2. The van der Waals surface area contributed by atoms with Crippen molar-refractivity contribution in [3.05, 3.63) is 78.6 Å². The van der Waals surface area contributed by atoms with Crippen molar-refractivity contribution in [1.82, 2.24) is 10.2 Å². The van der Waals surface area contributed by atoms with Crippen LogP contribution >= 0.6 is 0 Å². The van der Waals surface area contributed by atoms with E-state index in [1.807, 2.05) is 42.5 Å². The Morgan fingerprint density at radius 1 is 0.778 bits per heavy atom. The summed E-state index contributed by atoms with van der Waals surface area (Å²) in [5, 5.41) is 8.12. The molecule has 0 aliphatic rings. The van der Waals surface area contributed by atoms with Crippen LogP contribution in [0.25, 0.3) is 22.9 Å². The summed E-state index contributed by atoms with van der Waals surface area (Å²) in [5.74, 6) is 1.53. The lowest BCUT2D eigenvalue weighted by atomic mass is 10.2. The molecule has 27 heavy (non-hydrogen) atoms. The number of para-hydroxylation sites is 1. The maximum Gasteiger partial charge on any atom is 0.248 e. The third-order valence-corrected chi connectivity index (χ3v) is 3.91. The molecular formula is C21H15FN2O3. The van der Waals surface area contributed by atoms with Gasteiger partial charge in [-0.3, -0.25) is 0 Å². The molecule has 0 fully saturated rings. The molecule has 0 radical (unpaired) electrons. The van der Waals surface area contributed by atoms with Gasteiger partial charge in [0.2, 0.25) is 11.8 Å². The molecule has 1 aromatic heterocycles. The highest BCUT2D eigenvalue weighted by Gasteiger charge is 2.14. The second-order valence-corrected chi connectivity index (χ2v) is 5.70. The van der Waals surface area contributed by atoms with E-state index in [1.54, 1.807) is 25.3 Å². The van der Waals surface area contributed by atoms with Crippen LogP contribution in [-0.2, 0) is 0 Å². The van der Waals surface area contributed by atoms with Crippen molar-refractivity contribution in [2.24, 2.45) is 0 Å². The normalized spacial score (nSPS) is 10.6. The summed E-state index contributed by atoms with van der Waals surface area (Å²) in [6, 6.07) is 20.7. The number of benzene rings is 3. The zero-order valence-corrected chi connectivity index (χ0v) is 14.4. The fourth-order valence-corrected chi connectivity index (χ4v) is 2.52. The van der Waals surface area contributed by atoms with E-state index in [1.165, 1.54) is 12.1 Å². The van der Waals surface area contributed by atoms with Crippen LogP contribution in [0.3, 0.4) is 0 Å². The van der Waals surface area contributed by atoms with Gasteiger partial charge < -0.3 is 13.9 Å². The van der Waals surface area contributed by atoms with Crippen molar-refractivity contribution < 1.29 is 18.3 Å². The summed E-state index contributed by atoms with van der Waals surface area (Å²) < 4.78 is 30.6. The van der Waals surface area contributed by atoms with Crippen LogP contribution in [0.2, 0.25) is 0 Å². The molecule has 0 unspecified atom stereocenters. The highest BCUT2D eigenvalue weighted by Crippen LogP contribution is 2.31. The molecule has 6 heteroatoms. The van der Waals surface area contributed by atoms with Crippen LogP contribution in [0, 0.1) is 5.82 Å². The monoisotopic (exact) mass is 362 g/mol. The molecule has 3 aromatic carbocycles. The highest BCUT2D eigenvalue weighted by atomic mass is 19.1. The minimum absolute atomic E-state index is 0.0860. The van der Waals surface area contributed by atoms with Gasteiger partial charge >= 0.3 is 0 Å². The van der Waals surface area contributed by atoms with E-state index in [4.69, 9.17) is 13.9 Å². The molecule has 4 aromatic rings. The number of hydrogen-bond donors (Lipinski definition) is 0. The molecule has 0 saturated heterocycles. The Balaban J connectivity index is 1.62. The van der Waals surface area contributed by atoms with Gasteiger partial charge in [0.1, 0.15) is 11.5 Å². The minimum Gasteiger partial charge on any atom is -0.497 e. The molecular weight excluding hydrogens is 347 g/mol. The predicted octanol–water partition coefficient (Wildman–Crippen LogP) is 5.34. The SMILES string of the molecule is COc1ccc(-c2nnc(-c3ccc(F)c(Oc4ccccc4)c3)o2)cc1. The summed E-state index contributed by atoms with van der Waals surface area (Å²) >= 11 is 0. The Kier molecular flexibility index (Phi) is 4.53. The molecule has 0 amide bonds. The Labute approximate surface area is 155 Å². The van der Waals surface area contributed by atoms with E-state index in [-0.39, 0.29) is 11.6 Å². The first-order valence-corrected chi connectivity index (χ1v) is 8.24. The van der Waals surface area contributed by atoms with Gasteiger partial charge in [0.25, 0.3) is 0 Å². The predicted molar refractivity (Wildman–Crippen MR) is 98.2 cm³/mol. The lowest BCUT2D eigenvalue weighted by Gasteiger charge is -2.07. The number of halogens is 1. The van der Waals surface area contributed by atoms with Gasteiger partial charge in [-0.15, -0.1) is 10.2 Å². The smallest absolute Gasteiger partial charge is 0.248 e. The van der Waals surface area contributed by atoms with Crippen LogP contribution in [0.4, 0.5) is 4.39 Å². The molecule has 4 rings (SSSR count). The first-order chi connectivity index (χ1) is 13.2. The zero-order chi connectivity index (χ0) is 18.6. The van der Waals surface area contributed by atoms with Gasteiger partial charge in [0, 0.05) is 11.1 Å². The first-order valence-electron chi connectivity index (χ1n) is 8.24. The average Bonchev–Trinajstić information content (AvgIpc) is 3.21. The molecule has 0 aliphatic heterocycles. The Bertz CT molecular complexity index is 1050. The van der Waals surface area contributed by atoms with Crippen LogP contribution in [0.1, 0.15) is 0 Å². The van der Waals surface area contributed by atoms with Crippen molar-refractivity contribution in [2.75, 3.05) is 7.11 Å². The maximum absolute atomic E-state index is 14.1. The van der Waals surface area contributed by atoms with Gasteiger partial charge in [-0.05, 0) is 54.6 Å². The molecule has 0 N–H and O–H groups in total. The summed E-state index contributed by atoms with van der Waals surface area (Å²) in [7, 11) is 1.60. The molecule has 0 bridgehead atoms. The first kappa shape index (κ1) is 16.8. The Morgan fingerprint density at radius 3 is 2.15 bits per heavy atom. The van der Waals surface area contributed by atoms with Gasteiger partial charge in [-0.25, -0.2) is 4.39 Å². The van der Waals surface area contributed by atoms with E-state index in [0.717, 1.165) is 11.3 Å². The number of methoxy groups -OCH3 is 1. The van der Waals surface area contributed by atoms with Crippen molar-refractivity contribution in [2.45, 2.75) is 0 Å². The number of aromatic nitrogens is 2. The largest absolute Gasteiger partial charge is 0.497 e. The summed E-state index contributed by atoms with van der Waals surface area (Å²) in [6.45, 7) is 0. The van der Waals surface area contributed by atoms with Crippen molar-refractivity contribution in [1.29, 1.82) is 0 Å². The second-order valence-electron chi connectivity index (χ2n) is 5.70. The van der Waals surface area contributed by atoms with Crippen molar-refractivity contribution in [3.63, 3.8) is 0 Å². The number of hydrogen-bond acceptors (Lipinski definition) is 5. The van der Waals surface area contributed by atoms with Gasteiger partial charge in [0.05, 0.1) is 7.11 Å². The topological polar surface area (TPSA) is 57.4 Å². The summed E-state index contributed by atoms with van der Waals surface area (Å²) in [5.41, 5.74) is 1.33. The van der Waals surface area contributed by atoms with Crippen LogP contribution in [0.5, 0.6) is 17.2 Å². The van der Waals surface area contributed by atoms with E-state index < -0.39 is 5.82 Å². The number of rotatable bonds is 5. The zero-order valence-electron chi connectivity index (χ0n) is 14.4. The molecule has 134 valence electrons. The van der Waals surface area contributed by atoms with E-state index in [9.17, 15) is 4.39 Å². The quantitative estimate of drug-likeness (QED) is 0.479. The third kappa shape index (κ3) is 3.64. The van der Waals surface area contributed by atoms with E-state index in [2.05, 4.69) is 10.2 Å². The highest BCUT2D eigenvalue weighted by molar-refractivity contribution is 5.60. The number of ether oxygens (including phenoxy) is 2. The lowest BCUT2D eigenvalue weighted by molar-refractivity contribution is 0.415. The Hall–Kier alpha value is -3.67. The fraction of sp³-hybridized carbons (Fsp3) is 0.0476. The van der Waals surface area contributed by atoms with Gasteiger partial charge in [0.15, 0.2) is 11.6 Å². The fourth-order valence-electron chi connectivity index (χ4n) is 2.52. The standard InChI is InChI=1S/C21H15FN2O3/c1-25-16-10-7-14(8-11-16)20-23-24-21(27-20)15-9-12-18(22)19(13-15)26-17-5-3-2-4-6-17/h2-13H,1H3. The molecule has 0 saturated carbocycles. The van der Waals surface area contributed by atoms with E-state index >= 15 is 0 Å². The molecule has 0 spiro atoms. The van der Waals surface area contributed by atoms with Crippen LogP contribution < -0.4 is 9.47 Å². The summed E-state index contributed by atoms with van der Waals surface area (Å²) in [6.07, 6.45) is 0. The molecule has 1 heterocycles. The average molecular weight is 362 g/mol. The maximum atomic E-state index is 14.1. The molecule has 5 nitrogen and oxygen atoms in total. The van der Waals surface area contributed by atoms with Crippen molar-refractivity contribution in [3.8, 4) is 40.2 Å². The van der Waals surface area contributed by atoms with Crippen molar-refractivity contribution >= 4 is 0 Å². The van der Waals surface area contributed by atoms with Crippen LogP contribution in [0.15, 0.2) is 77.2 Å². The molecule has 0 aliphatic carbocycles. The summed E-state index contributed by atoms with van der Waals surface area (Å²) in [4.78, 5) is 0. The second kappa shape index (κ2) is 7.29. The minimum atomic E-state index is -0.475. The lowest BCUT2D eigenvalue weighted by Crippen LogP contribution is -1.89. The van der Waals surface area contributed by atoms with Gasteiger partial charge in [-0.1, -0.05) is 18.2 Å².